The van der Waals surface area contributed by atoms with Gasteiger partial charge in [-0.1, -0.05) is 13.8 Å². The van der Waals surface area contributed by atoms with E-state index < -0.39 is 6.03 Å². The highest BCUT2D eigenvalue weighted by atomic mass is 16.2. The molecule has 0 unspecified atom stereocenters. The van der Waals surface area contributed by atoms with Crippen molar-refractivity contribution in [3.63, 3.8) is 0 Å². The Morgan fingerprint density at radius 2 is 2.00 bits per heavy atom. The summed E-state index contributed by atoms with van der Waals surface area (Å²) in [6, 6.07) is -0.612. The Bertz CT molecular complexity index is 136. The molecule has 10 heavy (non-hydrogen) atoms. The molecule has 0 aromatic rings. The molecule has 3 N–H and O–H groups in total. The first-order valence-electron chi connectivity index (χ1n) is 3.31. The Balaban J connectivity index is 3.74. The molecule has 0 aliphatic rings. The van der Waals surface area contributed by atoms with Gasteiger partial charge in [0, 0.05) is 5.71 Å². The van der Waals surface area contributed by atoms with Gasteiger partial charge in [0.2, 0.25) is 0 Å². The third-order valence-corrected chi connectivity index (χ3v) is 1.14. The van der Waals surface area contributed by atoms with Crippen LogP contribution in [-0.2, 0) is 0 Å². The van der Waals surface area contributed by atoms with Gasteiger partial charge in [-0.2, -0.15) is 5.10 Å². The van der Waals surface area contributed by atoms with Crippen molar-refractivity contribution in [1.82, 2.24) is 5.43 Å². The lowest BCUT2D eigenvalue weighted by Gasteiger charge is -1.97. The maximum atomic E-state index is 10.1. The van der Waals surface area contributed by atoms with E-state index in [0.717, 1.165) is 18.6 Å². The maximum Gasteiger partial charge on any atom is 0.332 e. The van der Waals surface area contributed by atoms with Crippen LogP contribution in [0.1, 0.15) is 26.7 Å². The number of nitrogens with two attached hydrogens (primary N) is 1. The van der Waals surface area contributed by atoms with Crippen LogP contribution in [0, 0.1) is 0 Å². The summed E-state index contributed by atoms with van der Waals surface area (Å²) >= 11 is 0. The van der Waals surface area contributed by atoms with Crippen LogP contribution in [0.15, 0.2) is 5.10 Å². The summed E-state index contributed by atoms with van der Waals surface area (Å²) in [7, 11) is 0. The SMILES string of the molecule is CCC(CC)=NNC(N)=O. The second-order valence-corrected chi connectivity index (χ2v) is 1.86. The zero-order valence-corrected chi connectivity index (χ0v) is 6.35. The molecule has 0 saturated heterocycles. The van der Waals surface area contributed by atoms with E-state index in [1.807, 2.05) is 13.8 Å². The number of primary amides is 1. The number of rotatable bonds is 3. The second-order valence-electron chi connectivity index (χ2n) is 1.86. The van der Waals surface area contributed by atoms with Crippen LogP contribution < -0.4 is 11.2 Å². The molecule has 58 valence electrons. The zero-order chi connectivity index (χ0) is 7.98. The Kier molecular flexibility index (Phi) is 4.28. The van der Waals surface area contributed by atoms with E-state index in [0.29, 0.717) is 0 Å². The fourth-order valence-corrected chi connectivity index (χ4v) is 0.542. The summed E-state index contributed by atoms with van der Waals surface area (Å²) in [5, 5.41) is 3.75. The molecule has 0 aromatic carbocycles. The fraction of sp³-hybridized carbons (Fsp3) is 0.667. The molecule has 0 bridgehead atoms. The number of nitrogens with zero attached hydrogens (tertiary/aromatic N) is 1. The molecule has 0 radical (unpaired) electrons. The number of nitrogens with one attached hydrogen (secondary N) is 1. The molecule has 0 rings (SSSR count). The van der Waals surface area contributed by atoms with Crippen LogP contribution in [0.25, 0.3) is 0 Å². The minimum atomic E-state index is -0.612. The first-order chi connectivity index (χ1) is 4.70. The van der Waals surface area contributed by atoms with Crippen molar-refractivity contribution in [3.05, 3.63) is 0 Å². The standard InChI is InChI=1S/C6H13N3O/c1-3-5(4-2)8-9-6(7)10/h3-4H2,1-2H3,(H3,7,9,10). The molecule has 0 atom stereocenters. The lowest BCUT2D eigenvalue weighted by atomic mass is 10.2. The van der Waals surface area contributed by atoms with Crippen LogP contribution in [0.5, 0.6) is 0 Å². The molecular formula is C6H13N3O. The summed E-state index contributed by atoms with van der Waals surface area (Å²) in [6.07, 6.45) is 1.69. The van der Waals surface area contributed by atoms with Crippen LogP contribution in [0.3, 0.4) is 0 Å². The van der Waals surface area contributed by atoms with E-state index in [-0.39, 0.29) is 0 Å². The first kappa shape index (κ1) is 8.94. The predicted octanol–water partition coefficient (Wildman–Crippen LogP) is 0.831. The number of urea groups is 1. The van der Waals surface area contributed by atoms with Crippen molar-refractivity contribution in [2.24, 2.45) is 10.8 Å². The second kappa shape index (κ2) is 4.78. The number of hydrazone groups is 1. The third kappa shape index (κ3) is 3.88. The molecule has 0 aromatic heterocycles. The van der Waals surface area contributed by atoms with Crippen molar-refractivity contribution in [2.75, 3.05) is 0 Å². The monoisotopic (exact) mass is 143 g/mol. The van der Waals surface area contributed by atoms with Gasteiger partial charge in [-0.25, -0.2) is 10.2 Å². The molecule has 0 saturated carbocycles. The number of hydrogen-bond donors (Lipinski definition) is 2. The van der Waals surface area contributed by atoms with Gasteiger partial charge in [-0.05, 0) is 12.8 Å². The quantitative estimate of drug-likeness (QED) is 0.446. The number of carbonyl (C=O) groups excluding carboxylic acids is 1. The molecule has 4 heteroatoms. The normalized spacial score (nSPS) is 8.60. The average Bonchev–Trinajstić information content (AvgIpc) is 1.90. The molecule has 0 aliphatic heterocycles. The summed E-state index contributed by atoms with van der Waals surface area (Å²) in [5.41, 5.74) is 7.91. The lowest BCUT2D eigenvalue weighted by Crippen LogP contribution is -2.25. The summed E-state index contributed by atoms with van der Waals surface area (Å²) in [5.74, 6) is 0. The van der Waals surface area contributed by atoms with Crippen molar-refractivity contribution >= 4 is 11.7 Å². The number of carbonyl (C=O) groups is 1. The van der Waals surface area contributed by atoms with Crippen LogP contribution >= 0.6 is 0 Å². The molecule has 0 heterocycles. The van der Waals surface area contributed by atoms with E-state index >= 15 is 0 Å². The maximum absolute atomic E-state index is 10.1. The molecule has 0 spiro atoms. The Morgan fingerprint density at radius 1 is 1.50 bits per heavy atom. The largest absolute Gasteiger partial charge is 0.350 e. The average molecular weight is 143 g/mol. The first-order valence-corrected chi connectivity index (χ1v) is 3.31. The Labute approximate surface area is 60.5 Å². The van der Waals surface area contributed by atoms with E-state index in [2.05, 4.69) is 10.5 Å². The van der Waals surface area contributed by atoms with Gasteiger partial charge >= 0.3 is 6.03 Å². The summed E-state index contributed by atoms with van der Waals surface area (Å²) < 4.78 is 0. The summed E-state index contributed by atoms with van der Waals surface area (Å²) in [6.45, 7) is 3.95. The van der Waals surface area contributed by atoms with Gasteiger partial charge in [0.05, 0.1) is 0 Å². The molecule has 0 fully saturated rings. The van der Waals surface area contributed by atoms with Gasteiger partial charge < -0.3 is 5.73 Å². The number of amides is 2. The topological polar surface area (TPSA) is 67.5 Å². The molecular weight excluding hydrogens is 130 g/mol. The Hall–Kier alpha value is -1.06. The van der Waals surface area contributed by atoms with Crippen molar-refractivity contribution in [2.45, 2.75) is 26.7 Å². The molecule has 4 nitrogen and oxygen atoms in total. The van der Waals surface area contributed by atoms with Gasteiger partial charge in [-0.3, -0.25) is 0 Å². The van der Waals surface area contributed by atoms with Crippen molar-refractivity contribution in [1.29, 1.82) is 0 Å². The fourth-order valence-electron chi connectivity index (χ4n) is 0.542. The van der Waals surface area contributed by atoms with Crippen molar-refractivity contribution in [3.8, 4) is 0 Å². The smallest absolute Gasteiger partial charge is 0.332 e. The van der Waals surface area contributed by atoms with E-state index in [9.17, 15) is 4.79 Å². The minimum absolute atomic E-state index is 0.612. The van der Waals surface area contributed by atoms with Gasteiger partial charge in [0.15, 0.2) is 0 Å². The number of hydrogen-bond acceptors (Lipinski definition) is 2. The highest BCUT2D eigenvalue weighted by Crippen LogP contribution is 1.88. The highest BCUT2D eigenvalue weighted by molar-refractivity contribution is 5.85. The van der Waals surface area contributed by atoms with E-state index in [1.165, 1.54) is 0 Å². The predicted molar refractivity (Wildman–Crippen MR) is 40.7 cm³/mol. The van der Waals surface area contributed by atoms with Gasteiger partial charge in [0.25, 0.3) is 0 Å². The lowest BCUT2D eigenvalue weighted by molar-refractivity contribution is 0.249. The zero-order valence-electron chi connectivity index (χ0n) is 6.35. The van der Waals surface area contributed by atoms with Crippen LogP contribution in [-0.4, -0.2) is 11.7 Å². The van der Waals surface area contributed by atoms with Gasteiger partial charge in [-0.15, -0.1) is 0 Å². The third-order valence-electron chi connectivity index (χ3n) is 1.14. The van der Waals surface area contributed by atoms with E-state index in [4.69, 9.17) is 5.73 Å². The highest BCUT2D eigenvalue weighted by Gasteiger charge is 1.91. The van der Waals surface area contributed by atoms with Crippen LogP contribution in [0.4, 0.5) is 4.79 Å². The van der Waals surface area contributed by atoms with Crippen molar-refractivity contribution < 1.29 is 4.79 Å². The minimum Gasteiger partial charge on any atom is -0.350 e. The molecule has 0 aliphatic carbocycles. The van der Waals surface area contributed by atoms with Crippen LogP contribution in [0.2, 0.25) is 0 Å². The Morgan fingerprint density at radius 3 is 2.30 bits per heavy atom. The van der Waals surface area contributed by atoms with Gasteiger partial charge in [0.1, 0.15) is 0 Å². The molecule has 2 amide bonds. The van der Waals surface area contributed by atoms with E-state index in [1.54, 1.807) is 0 Å². The summed E-state index contributed by atoms with van der Waals surface area (Å²) in [4.78, 5) is 10.1.